The van der Waals surface area contributed by atoms with Gasteiger partial charge in [0.15, 0.2) is 0 Å². The van der Waals surface area contributed by atoms with Crippen molar-refractivity contribution in [2.45, 2.75) is 31.5 Å². The Bertz CT molecular complexity index is 913. The fourth-order valence-electron chi connectivity index (χ4n) is 4.34. The third kappa shape index (κ3) is 4.65. The first-order chi connectivity index (χ1) is 14.7. The normalized spacial score (nSPS) is 20.2. The summed E-state index contributed by atoms with van der Waals surface area (Å²) < 4.78 is 25.8. The predicted octanol–water partition coefficient (Wildman–Crippen LogP) is 3.51. The average Bonchev–Trinajstić information content (AvgIpc) is 2.80. The van der Waals surface area contributed by atoms with E-state index in [1.54, 1.807) is 13.2 Å². The highest BCUT2D eigenvalue weighted by molar-refractivity contribution is 5.80. The van der Waals surface area contributed by atoms with Crippen molar-refractivity contribution in [3.8, 4) is 17.2 Å². The zero-order valence-corrected chi connectivity index (χ0v) is 17.4. The number of halogens is 1. The fourth-order valence-corrected chi connectivity index (χ4v) is 4.34. The first kappa shape index (κ1) is 20.8. The largest absolute Gasteiger partial charge is 0.381 e. The monoisotopic (exact) mass is 409 g/mol. The molecule has 2 fully saturated rings. The number of nitrogens with one attached hydrogen (secondary N) is 1. The average molecular weight is 410 g/mol. The van der Waals surface area contributed by atoms with Gasteiger partial charge in [0.05, 0.1) is 24.4 Å². The summed E-state index contributed by atoms with van der Waals surface area (Å²) in [5.74, 6) is -0.482. The molecule has 0 saturated carbocycles. The lowest BCUT2D eigenvalue weighted by Crippen LogP contribution is -2.39. The van der Waals surface area contributed by atoms with Gasteiger partial charge >= 0.3 is 0 Å². The van der Waals surface area contributed by atoms with E-state index in [0.717, 1.165) is 68.9 Å². The van der Waals surface area contributed by atoms with Gasteiger partial charge in [0.2, 0.25) is 0 Å². The van der Waals surface area contributed by atoms with Crippen LogP contribution in [0.5, 0.6) is 0 Å². The van der Waals surface area contributed by atoms with Crippen molar-refractivity contribution in [3.63, 3.8) is 0 Å². The first-order valence-electron chi connectivity index (χ1n) is 10.6. The van der Waals surface area contributed by atoms with Gasteiger partial charge in [-0.15, -0.1) is 0 Å². The summed E-state index contributed by atoms with van der Waals surface area (Å²) in [6.45, 7) is 4.26. The topological polar surface area (TPSA) is 57.5 Å². The number of methoxy groups -OCH3 is 1. The van der Waals surface area contributed by atoms with Crippen molar-refractivity contribution in [1.29, 1.82) is 5.26 Å². The summed E-state index contributed by atoms with van der Waals surface area (Å²) in [6, 6.07) is 13.2. The van der Waals surface area contributed by atoms with Gasteiger partial charge in [-0.05, 0) is 54.7 Å². The maximum absolute atomic E-state index is 14.4. The summed E-state index contributed by atoms with van der Waals surface area (Å²) in [4.78, 5) is 2.35. The van der Waals surface area contributed by atoms with E-state index in [9.17, 15) is 4.39 Å². The summed E-state index contributed by atoms with van der Waals surface area (Å²) in [5, 5.41) is 12.5. The molecule has 5 nitrogen and oxygen atoms in total. The number of piperidine rings is 1. The van der Waals surface area contributed by atoms with Crippen LogP contribution in [0.15, 0.2) is 36.4 Å². The number of morpholine rings is 1. The summed E-state index contributed by atoms with van der Waals surface area (Å²) >= 11 is 0. The van der Waals surface area contributed by atoms with E-state index in [1.807, 2.05) is 12.1 Å². The first-order valence-corrected chi connectivity index (χ1v) is 10.6. The van der Waals surface area contributed by atoms with E-state index in [2.05, 4.69) is 28.4 Å². The molecular formula is C24H28FN3O2. The van der Waals surface area contributed by atoms with Gasteiger partial charge in [0.25, 0.3) is 0 Å². The van der Waals surface area contributed by atoms with Crippen molar-refractivity contribution in [3.05, 3.63) is 53.3 Å². The molecule has 0 amide bonds. The highest BCUT2D eigenvalue weighted by Crippen LogP contribution is 2.35. The maximum Gasteiger partial charge on any atom is 0.141 e. The van der Waals surface area contributed by atoms with E-state index in [0.29, 0.717) is 6.10 Å². The van der Waals surface area contributed by atoms with Crippen molar-refractivity contribution >= 4 is 5.69 Å². The summed E-state index contributed by atoms with van der Waals surface area (Å²) in [6.07, 6.45) is 3.20. The molecule has 0 aromatic heterocycles. The third-order valence-electron chi connectivity index (χ3n) is 6.05. The Morgan fingerprint density at radius 1 is 1.23 bits per heavy atom. The Hall–Kier alpha value is -2.46. The molecular weight excluding hydrogens is 381 g/mol. The minimum Gasteiger partial charge on any atom is -0.381 e. The molecule has 6 heteroatoms. The molecule has 2 aromatic carbocycles. The smallest absolute Gasteiger partial charge is 0.141 e. The van der Waals surface area contributed by atoms with Gasteiger partial charge in [-0.2, -0.15) is 5.26 Å². The van der Waals surface area contributed by atoms with Crippen LogP contribution < -0.4 is 10.2 Å². The number of hydrogen-bond acceptors (Lipinski definition) is 5. The predicted molar refractivity (Wildman–Crippen MR) is 115 cm³/mol. The van der Waals surface area contributed by atoms with E-state index in [4.69, 9.17) is 14.7 Å². The van der Waals surface area contributed by atoms with Crippen LogP contribution in [0.2, 0.25) is 0 Å². The van der Waals surface area contributed by atoms with Gasteiger partial charge in [0, 0.05) is 44.5 Å². The molecule has 2 saturated heterocycles. The number of nitriles is 1. The summed E-state index contributed by atoms with van der Waals surface area (Å²) in [7, 11) is 1.77. The van der Waals surface area contributed by atoms with Crippen LogP contribution in [0.1, 0.15) is 24.0 Å². The molecule has 1 N–H and O–H groups in total. The van der Waals surface area contributed by atoms with Crippen molar-refractivity contribution in [2.24, 2.45) is 0 Å². The lowest BCUT2D eigenvalue weighted by Gasteiger charge is -2.34. The van der Waals surface area contributed by atoms with Gasteiger partial charge in [-0.3, -0.25) is 0 Å². The zero-order valence-electron chi connectivity index (χ0n) is 17.4. The lowest BCUT2D eigenvalue weighted by molar-refractivity contribution is 0.0292. The molecule has 158 valence electrons. The Morgan fingerprint density at radius 3 is 2.73 bits per heavy atom. The third-order valence-corrected chi connectivity index (χ3v) is 6.05. The lowest BCUT2D eigenvalue weighted by atomic mass is 9.95. The zero-order chi connectivity index (χ0) is 20.9. The molecule has 2 aliphatic heterocycles. The molecule has 0 bridgehead atoms. The van der Waals surface area contributed by atoms with Crippen LogP contribution in [-0.2, 0) is 15.9 Å². The second-order valence-corrected chi connectivity index (χ2v) is 7.98. The molecule has 0 aliphatic carbocycles. The highest BCUT2D eigenvalue weighted by atomic mass is 19.1. The number of ether oxygens (including phenoxy) is 2. The molecule has 2 aromatic rings. The minimum absolute atomic E-state index is 0.0686. The molecule has 2 aliphatic rings. The Morgan fingerprint density at radius 2 is 2.07 bits per heavy atom. The highest BCUT2D eigenvalue weighted by Gasteiger charge is 2.22. The van der Waals surface area contributed by atoms with Gasteiger partial charge in [0.1, 0.15) is 11.9 Å². The number of benzene rings is 2. The summed E-state index contributed by atoms with van der Waals surface area (Å²) in [5.41, 5.74) is 4.12. The molecule has 1 unspecified atom stereocenters. The second kappa shape index (κ2) is 9.57. The van der Waals surface area contributed by atoms with Crippen molar-refractivity contribution in [1.82, 2.24) is 5.32 Å². The van der Waals surface area contributed by atoms with Crippen LogP contribution in [0, 0.1) is 17.1 Å². The Balaban J connectivity index is 1.66. The van der Waals surface area contributed by atoms with E-state index >= 15 is 0 Å². The quantitative estimate of drug-likeness (QED) is 0.819. The molecule has 0 spiro atoms. The molecule has 0 radical (unpaired) electrons. The van der Waals surface area contributed by atoms with Crippen LogP contribution in [0.25, 0.3) is 11.1 Å². The molecule has 4 rings (SSSR count). The van der Waals surface area contributed by atoms with Gasteiger partial charge in [-0.1, -0.05) is 12.1 Å². The van der Waals surface area contributed by atoms with Crippen LogP contribution in [0.4, 0.5) is 10.1 Å². The Labute approximate surface area is 177 Å². The van der Waals surface area contributed by atoms with E-state index in [1.165, 1.54) is 11.6 Å². The van der Waals surface area contributed by atoms with Crippen LogP contribution in [-0.4, -0.2) is 52.1 Å². The van der Waals surface area contributed by atoms with Crippen molar-refractivity contribution < 1.29 is 13.9 Å². The molecule has 1 atom stereocenters. The second-order valence-electron chi connectivity index (χ2n) is 7.98. The number of anilines is 1. The van der Waals surface area contributed by atoms with E-state index in [-0.39, 0.29) is 11.7 Å². The minimum atomic E-state index is -0.482. The SMILES string of the molecule is COC1CCN(c2ccc(CC3CNCCO3)cc2-c2ccc(C#N)c(F)c2)CC1. The Kier molecular flexibility index (Phi) is 6.63. The van der Waals surface area contributed by atoms with Crippen molar-refractivity contribution in [2.75, 3.05) is 44.8 Å². The van der Waals surface area contributed by atoms with Gasteiger partial charge < -0.3 is 19.7 Å². The molecule has 30 heavy (non-hydrogen) atoms. The van der Waals surface area contributed by atoms with Crippen LogP contribution >= 0.6 is 0 Å². The number of nitrogens with zero attached hydrogens (tertiary/aromatic N) is 2. The standard InChI is InChI=1S/C24H28FN3O2/c1-29-20-6-9-28(10-7-20)24-5-2-17(12-21-16-27-8-11-30-21)13-22(24)18-3-4-19(15-26)23(25)14-18/h2-5,13-14,20-21,27H,6-12,16H2,1H3. The van der Waals surface area contributed by atoms with E-state index < -0.39 is 5.82 Å². The van der Waals surface area contributed by atoms with Crippen LogP contribution in [0.3, 0.4) is 0 Å². The van der Waals surface area contributed by atoms with Gasteiger partial charge in [-0.25, -0.2) is 4.39 Å². The number of rotatable bonds is 5. The fraction of sp³-hybridized carbons (Fsp3) is 0.458. The molecule has 2 heterocycles. The maximum atomic E-state index is 14.4. The number of hydrogen-bond donors (Lipinski definition) is 1.